The maximum Gasteiger partial charge on any atom is 0.416 e. The van der Waals surface area contributed by atoms with E-state index < -0.39 is 11.7 Å². The van der Waals surface area contributed by atoms with E-state index in [0.29, 0.717) is 19.7 Å². The SMILES string of the molecule is CCNc1cc(C(F)(F)F)cc(N(C)CCOC)n1. The van der Waals surface area contributed by atoms with Crippen LogP contribution in [0.5, 0.6) is 0 Å². The highest BCUT2D eigenvalue weighted by Crippen LogP contribution is 2.32. The van der Waals surface area contributed by atoms with Crippen LogP contribution in [0.15, 0.2) is 12.1 Å². The third-order valence-electron chi connectivity index (χ3n) is 2.52. The maximum atomic E-state index is 12.8. The second-order valence-electron chi connectivity index (χ2n) is 4.04. The van der Waals surface area contributed by atoms with Gasteiger partial charge >= 0.3 is 6.18 Å². The predicted octanol–water partition coefficient (Wildman–Crippen LogP) is 2.61. The van der Waals surface area contributed by atoms with Crippen LogP contribution in [0.1, 0.15) is 12.5 Å². The Morgan fingerprint density at radius 3 is 2.58 bits per heavy atom. The molecule has 108 valence electrons. The monoisotopic (exact) mass is 277 g/mol. The zero-order chi connectivity index (χ0) is 14.5. The topological polar surface area (TPSA) is 37.4 Å². The number of anilines is 2. The zero-order valence-corrected chi connectivity index (χ0v) is 11.2. The summed E-state index contributed by atoms with van der Waals surface area (Å²) in [6.07, 6.45) is -4.38. The van der Waals surface area contributed by atoms with Crippen molar-refractivity contribution in [2.75, 3.05) is 44.1 Å². The van der Waals surface area contributed by atoms with Crippen molar-refractivity contribution in [1.29, 1.82) is 0 Å². The molecule has 0 aliphatic heterocycles. The normalized spacial score (nSPS) is 11.5. The minimum absolute atomic E-state index is 0.219. The van der Waals surface area contributed by atoms with Crippen LogP contribution in [-0.4, -0.2) is 38.8 Å². The number of hydrogen-bond donors (Lipinski definition) is 1. The van der Waals surface area contributed by atoms with Crippen LogP contribution in [0.3, 0.4) is 0 Å². The lowest BCUT2D eigenvalue weighted by Crippen LogP contribution is -2.24. The summed E-state index contributed by atoms with van der Waals surface area (Å²) in [6.45, 7) is 3.20. The zero-order valence-electron chi connectivity index (χ0n) is 11.2. The number of ether oxygens (including phenoxy) is 1. The van der Waals surface area contributed by atoms with Gasteiger partial charge < -0.3 is 15.0 Å². The van der Waals surface area contributed by atoms with Crippen molar-refractivity contribution >= 4 is 11.6 Å². The molecule has 0 unspecified atom stereocenters. The molecule has 19 heavy (non-hydrogen) atoms. The number of aromatic nitrogens is 1. The van der Waals surface area contributed by atoms with Gasteiger partial charge in [-0.1, -0.05) is 0 Å². The summed E-state index contributed by atoms with van der Waals surface area (Å²) in [7, 11) is 3.22. The molecule has 0 aliphatic carbocycles. The van der Waals surface area contributed by atoms with E-state index >= 15 is 0 Å². The van der Waals surface area contributed by atoms with E-state index in [1.54, 1.807) is 18.9 Å². The van der Waals surface area contributed by atoms with Crippen molar-refractivity contribution in [3.8, 4) is 0 Å². The van der Waals surface area contributed by atoms with Crippen molar-refractivity contribution in [2.45, 2.75) is 13.1 Å². The smallest absolute Gasteiger partial charge is 0.383 e. The van der Waals surface area contributed by atoms with Gasteiger partial charge in [-0.05, 0) is 19.1 Å². The van der Waals surface area contributed by atoms with Crippen molar-refractivity contribution in [2.24, 2.45) is 0 Å². The van der Waals surface area contributed by atoms with Gasteiger partial charge in [-0.2, -0.15) is 13.2 Å². The molecule has 0 spiro atoms. The first-order valence-electron chi connectivity index (χ1n) is 5.91. The largest absolute Gasteiger partial charge is 0.416 e. The molecule has 0 fully saturated rings. The quantitative estimate of drug-likeness (QED) is 0.867. The fourth-order valence-electron chi connectivity index (χ4n) is 1.49. The number of rotatable bonds is 6. The standard InChI is InChI=1S/C12H18F3N3O/c1-4-16-10-7-9(12(13,14)15)8-11(17-10)18(2)5-6-19-3/h7-8H,4-6H2,1-3H3,(H,16,17). The Balaban J connectivity index is 3.05. The molecule has 1 heterocycles. The Bertz CT molecular complexity index is 410. The van der Waals surface area contributed by atoms with Crippen molar-refractivity contribution in [1.82, 2.24) is 4.98 Å². The first kappa shape index (κ1) is 15.6. The molecule has 1 aromatic heterocycles. The third-order valence-corrected chi connectivity index (χ3v) is 2.52. The molecular weight excluding hydrogens is 259 g/mol. The number of halogens is 3. The molecule has 0 aliphatic rings. The van der Waals surface area contributed by atoms with Crippen LogP contribution in [0.25, 0.3) is 0 Å². The van der Waals surface area contributed by atoms with Gasteiger partial charge in [0, 0.05) is 27.2 Å². The van der Waals surface area contributed by atoms with Crippen LogP contribution >= 0.6 is 0 Å². The molecule has 0 atom stereocenters. The summed E-state index contributed by atoms with van der Waals surface area (Å²) in [5.41, 5.74) is -0.710. The lowest BCUT2D eigenvalue weighted by molar-refractivity contribution is -0.137. The van der Waals surface area contributed by atoms with Gasteiger partial charge in [0.1, 0.15) is 11.6 Å². The number of alkyl halides is 3. The number of pyridine rings is 1. The predicted molar refractivity (Wildman–Crippen MR) is 68.5 cm³/mol. The molecule has 0 saturated heterocycles. The molecule has 1 aromatic rings. The summed E-state index contributed by atoms with van der Waals surface area (Å²) in [5, 5.41) is 2.80. The maximum absolute atomic E-state index is 12.8. The molecule has 1 N–H and O–H groups in total. The van der Waals surface area contributed by atoms with Gasteiger partial charge in [0.15, 0.2) is 0 Å². The Morgan fingerprint density at radius 2 is 2.05 bits per heavy atom. The fourth-order valence-corrected chi connectivity index (χ4v) is 1.49. The van der Waals surface area contributed by atoms with Gasteiger partial charge in [-0.3, -0.25) is 0 Å². The molecule has 0 amide bonds. The van der Waals surface area contributed by atoms with E-state index in [1.165, 1.54) is 7.11 Å². The van der Waals surface area contributed by atoms with E-state index in [-0.39, 0.29) is 11.6 Å². The van der Waals surface area contributed by atoms with E-state index in [1.807, 2.05) is 0 Å². The third kappa shape index (κ3) is 4.59. The lowest BCUT2D eigenvalue weighted by Gasteiger charge is -2.20. The summed E-state index contributed by atoms with van der Waals surface area (Å²) in [6, 6.07) is 2.05. The van der Waals surface area contributed by atoms with E-state index in [9.17, 15) is 13.2 Å². The molecule has 0 bridgehead atoms. The van der Waals surface area contributed by atoms with E-state index in [4.69, 9.17) is 4.74 Å². The average molecular weight is 277 g/mol. The highest BCUT2D eigenvalue weighted by atomic mass is 19.4. The average Bonchev–Trinajstić information content (AvgIpc) is 2.35. The minimum Gasteiger partial charge on any atom is -0.383 e. The second kappa shape index (κ2) is 6.60. The molecule has 0 radical (unpaired) electrons. The summed E-state index contributed by atoms with van der Waals surface area (Å²) in [5.74, 6) is 0.486. The number of nitrogens with one attached hydrogen (secondary N) is 1. The molecule has 4 nitrogen and oxygen atoms in total. The highest BCUT2D eigenvalue weighted by Gasteiger charge is 2.32. The first-order chi connectivity index (χ1) is 8.88. The van der Waals surface area contributed by atoms with Gasteiger partial charge in [0.05, 0.1) is 12.2 Å². The van der Waals surface area contributed by atoms with Gasteiger partial charge in [0.25, 0.3) is 0 Å². The number of hydrogen-bond acceptors (Lipinski definition) is 4. The first-order valence-corrected chi connectivity index (χ1v) is 5.91. The Kier molecular flexibility index (Phi) is 5.41. The van der Waals surface area contributed by atoms with Crippen molar-refractivity contribution in [3.05, 3.63) is 17.7 Å². The number of nitrogens with zero attached hydrogens (tertiary/aromatic N) is 2. The Labute approximate surface area is 110 Å². The van der Waals surface area contributed by atoms with Gasteiger partial charge in [0.2, 0.25) is 0 Å². The molecule has 1 rings (SSSR count). The van der Waals surface area contributed by atoms with Gasteiger partial charge in [-0.15, -0.1) is 0 Å². The van der Waals surface area contributed by atoms with Crippen LogP contribution < -0.4 is 10.2 Å². The summed E-state index contributed by atoms with van der Waals surface area (Å²) in [4.78, 5) is 5.77. The van der Waals surface area contributed by atoms with Crippen LogP contribution in [0.2, 0.25) is 0 Å². The Hall–Kier alpha value is -1.50. The summed E-state index contributed by atoms with van der Waals surface area (Å²) < 4.78 is 43.3. The van der Waals surface area contributed by atoms with Crippen LogP contribution in [-0.2, 0) is 10.9 Å². The molecule has 0 saturated carbocycles. The molecular formula is C12H18F3N3O. The molecule has 7 heteroatoms. The number of methoxy groups -OCH3 is 1. The van der Waals surface area contributed by atoms with Crippen molar-refractivity contribution < 1.29 is 17.9 Å². The van der Waals surface area contributed by atoms with Crippen molar-refractivity contribution in [3.63, 3.8) is 0 Å². The number of likely N-dealkylation sites (N-methyl/N-ethyl adjacent to an activating group) is 1. The Morgan fingerprint density at radius 1 is 1.37 bits per heavy atom. The van der Waals surface area contributed by atoms with Crippen LogP contribution in [0, 0.1) is 0 Å². The molecule has 0 aromatic carbocycles. The van der Waals surface area contributed by atoms with Gasteiger partial charge in [-0.25, -0.2) is 4.98 Å². The summed E-state index contributed by atoms with van der Waals surface area (Å²) >= 11 is 0. The van der Waals surface area contributed by atoms with E-state index in [0.717, 1.165) is 12.1 Å². The minimum atomic E-state index is -4.38. The fraction of sp³-hybridized carbons (Fsp3) is 0.583. The second-order valence-corrected chi connectivity index (χ2v) is 4.04. The van der Waals surface area contributed by atoms with Crippen LogP contribution in [0.4, 0.5) is 24.8 Å². The lowest BCUT2D eigenvalue weighted by atomic mass is 10.2. The van der Waals surface area contributed by atoms with E-state index in [2.05, 4.69) is 10.3 Å². The highest BCUT2D eigenvalue weighted by molar-refractivity contribution is 5.50.